The van der Waals surface area contributed by atoms with E-state index in [9.17, 15) is 39.2 Å². The van der Waals surface area contributed by atoms with Gasteiger partial charge in [-0.15, -0.1) is 0 Å². The number of carbonyl (C=O) groups excluding carboxylic acids is 2. The van der Waals surface area contributed by atoms with Crippen molar-refractivity contribution in [1.82, 2.24) is 30.2 Å². The number of nitrogen functional groups attached to an aromatic ring is 1. The lowest BCUT2D eigenvalue weighted by molar-refractivity contribution is -0.270. The predicted octanol–water partition coefficient (Wildman–Crippen LogP) is -1.37. The number of nitrogens with one attached hydrogen (secondary N) is 3. The lowest BCUT2D eigenvalue weighted by atomic mass is 9.97. The van der Waals surface area contributed by atoms with Gasteiger partial charge < -0.3 is 69.7 Å². The zero-order valence-electron chi connectivity index (χ0n) is 33.3. The Labute approximate surface area is 334 Å². The molecule has 0 bridgehead atoms. The fraction of sp³-hybridized carbons (Fsp3) is 0.794. The molecule has 0 aliphatic carbocycles. The molecule has 2 aliphatic heterocycles. The lowest BCUT2D eigenvalue weighted by Gasteiger charge is -2.42. The SMILES string of the molecule is CC(=O)N[C@H]1[C@H](OCCCCC(=O)NCCOCCOCO[C@@H]2[C@H](OP(=O)(O)C(C)C)[C@@H](COC(C)C)O[C@H]2n2cnc3c(=O)[nH]c(N)nc32)O[C@H](CO)[C@H](O)[C@@H]1O. The van der Waals surface area contributed by atoms with Gasteiger partial charge in [-0.1, -0.05) is 13.8 Å². The van der Waals surface area contributed by atoms with Gasteiger partial charge in [-0.05, 0) is 26.7 Å². The average molecular weight is 852 g/mol. The molecule has 2 aromatic heterocycles. The molecule has 4 heterocycles. The van der Waals surface area contributed by atoms with E-state index in [4.69, 9.17) is 43.4 Å². The number of imidazole rings is 1. The summed E-state index contributed by atoms with van der Waals surface area (Å²) in [7, 11) is -4.16. The number of aromatic amines is 1. The van der Waals surface area contributed by atoms with Crippen LogP contribution in [0.2, 0.25) is 0 Å². The van der Waals surface area contributed by atoms with Crippen LogP contribution in [0, 0.1) is 0 Å². The summed E-state index contributed by atoms with van der Waals surface area (Å²) < 4.78 is 60.9. The van der Waals surface area contributed by atoms with Gasteiger partial charge in [0.2, 0.25) is 17.8 Å². The number of ether oxygens (including phenoxy) is 7. The van der Waals surface area contributed by atoms with Crippen LogP contribution >= 0.6 is 7.60 Å². The van der Waals surface area contributed by atoms with Crippen LogP contribution in [0.1, 0.15) is 60.1 Å². The van der Waals surface area contributed by atoms with E-state index in [1.807, 2.05) is 13.8 Å². The molecular weight excluding hydrogens is 793 g/mol. The molecule has 4 rings (SSSR count). The quantitative estimate of drug-likeness (QED) is 0.0343. The maximum absolute atomic E-state index is 13.1. The second kappa shape index (κ2) is 22.4. The Kier molecular flexibility index (Phi) is 18.4. The average Bonchev–Trinajstić information content (AvgIpc) is 3.72. The monoisotopic (exact) mass is 851 g/mol. The van der Waals surface area contributed by atoms with Gasteiger partial charge in [-0.2, -0.15) is 4.98 Å². The van der Waals surface area contributed by atoms with Crippen molar-refractivity contribution < 1.29 is 72.0 Å². The summed E-state index contributed by atoms with van der Waals surface area (Å²) in [5.41, 5.74) is 4.59. The number of H-pyrrole nitrogens is 1. The van der Waals surface area contributed by atoms with Crippen molar-refractivity contribution in [1.29, 1.82) is 0 Å². The fourth-order valence-electron chi connectivity index (χ4n) is 6.04. The Morgan fingerprint density at radius 3 is 2.47 bits per heavy atom. The summed E-state index contributed by atoms with van der Waals surface area (Å²) in [5.74, 6) is -0.822. The highest BCUT2D eigenvalue weighted by molar-refractivity contribution is 7.53. The van der Waals surface area contributed by atoms with E-state index in [1.165, 1.54) is 17.8 Å². The van der Waals surface area contributed by atoms with Crippen LogP contribution in [0.5, 0.6) is 0 Å². The van der Waals surface area contributed by atoms with Crippen molar-refractivity contribution >= 4 is 36.5 Å². The van der Waals surface area contributed by atoms with E-state index in [2.05, 4.69) is 25.6 Å². The molecule has 2 amide bonds. The molecule has 330 valence electrons. The first-order chi connectivity index (χ1) is 27.5. The van der Waals surface area contributed by atoms with Crippen molar-refractivity contribution in [2.24, 2.45) is 0 Å². The summed E-state index contributed by atoms with van der Waals surface area (Å²) in [6, 6.07) is -1.04. The Morgan fingerprint density at radius 2 is 1.78 bits per heavy atom. The van der Waals surface area contributed by atoms with Crippen molar-refractivity contribution in [3.63, 3.8) is 0 Å². The van der Waals surface area contributed by atoms with Gasteiger partial charge in [0.15, 0.2) is 23.7 Å². The van der Waals surface area contributed by atoms with Crippen molar-refractivity contribution in [2.75, 3.05) is 58.7 Å². The summed E-state index contributed by atoms with van der Waals surface area (Å²) in [6.45, 7) is 7.92. The molecule has 24 heteroatoms. The molecule has 0 aromatic carbocycles. The summed E-state index contributed by atoms with van der Waals surface area (Å²) in [5, 5.41) is 35.2. The lowest BCUT2D eigenvalue weighted by Crippen LogP contribution is -2.64. The normalized spacial score (nSPS) is 27.3. The third kappa shape index (κ3) is 13.2. The van der Waals surface area contributed by atoms with Crippen LogP contribution in [0.4, 0.5) is 5.95 Å². The van der Waals surface area contributed by atoms with Crippen LogP contribution in [-0.4, -0.2) is 165 Å². The van der Waals surface area contributed by atoms with Crippen LogP contribution in [-0.2, 0) is 51.8 Å². The van der Waals surface area contributed by atoms with Crippen molar-refractivity contribution in [2.45, 2.75) is 121 Å². The smallest absolute Gasteiger partial charge is 0.331 e. The molecule has 9 N–H and O–H groups in total. The highest BCUT2D eigenvalue weighted by Gasteiger charge is 2.51. The number of hydrogen-bond acceptors (Lipinski definition) is 18. The minimum Gasteiger partial charge on any atom is -0.394 e. The fourth-order valence-corrected chi connectivity index (χ4v) is 6.89. The summed E-state index contributed by atoms with van der Waals surface area (Å²) in [6.07, 6.45) is -6.89. The number of hydrogen-bond donors (Lipinski definition) is 8. The van der Waals surface area contributed by atoms with Gasteiger partial charge >= 0.3 is 7.60 Å². The van der Waals surface area contributed by atoms with E-state index in [0.29, 0.717) is 12.8 Å². The van der Waals surface area contributed by atoms with Gasteiger partial charge in [-0.25, -0.2) is 4.98 Å². The van der Waals surface area contributed by atoms with Gasteiger partial charge in [-0.3, -0.25) is 33.0 Å². The first-order valence-electron chi connectivity index (χ1n) is 19.1. The Morgan fingerprint density at radius 1 is 1.03 bits per heavy atom. The number of nitrogens with two attached hydrogens (primary N) is 1. The third-order valence-electron chi connectivity index (χ3n) is 9.14. The van der Waals surface area contributed by atoms with Crippen LogP contribution in [0.25, 0.3) is 11.2 Å². The van der Waals surface area contributed by atoms with E-state index >= 15 is 0 Å². The maximum atomic E-state index is 13.1. The van der Waals surface area contributed by atoms with Crippen molar-refractivity contribution in [3.05, 3.63) is 16.7 Å². The van der Waals surface area contributed by atoms with E-state index in [0.717, 1.165) is 0 Å². The minimum absolute atomic E-state index is 0.00687. The Hall–Kier alpha value is -3.16. The number of aromatic nitrogens is 4. The largest absolute Gasteiger partial charge is 0.394 e. The number of amides is 2. The second-order valence-electron chi connectivity index (χ2n) is 14.3. The topological polar surface area (TPSA) is 320 Å². The number of fused-ring (bicyclic) bond motifs is 1. The molecule has 2 fully saturated rings. The number of unbranched alkanes of at least 4 members (excludes halogenated alkanes) is 1. The molecule has 1 unspecified atom stereocenters. The minimum atomic E-state index is -4.16. The first kappa shape index (κ1) is 47.5. The van der Waals surface area contributed by atoms with E-state index in [-0.39, 0.29) is 81.9 Å². The molecule has 0 spiro atoms. The van der Waals surface area contributed by atoms with Gasteiger partial charge in [0.05, 0.1) is 51.1 Å². The Balaban J connectivity index is 1.20. The van der Waals surface area contributed by atoms with E-state index in [1.54, 1.807) is 13.8 Å². The van der Waals surface area contributed by atoms with Gasteiger partial charge in [0.25, 0.3) is 5.56 Å². The zero-order valence-corrected chi connectivity index (χ0v) is 34.2. The van der Waals surface area contributed by atoms with Gasteiger partial charge in [0.1, 0.15) is 49.5 Å². The predicted molar refractivity (Wildman–Crippen MR) is 202 cm³/mol. The first-order valence-corrected chi connectivity index (χ1v) is 20.7. The number of aliphatic hydroxyl groups excluding tert-OH is 3. The number of rotatable bonds is 24. The molecule has 10 atom stereocenters. The molecule has 0 radical (unpaired) electrons. The molecule has 0 saturated carbocycles. The highest BCUT2D eigenvalue weighted by Crippen LogP contribution is 2.52. The van der Waals surface area contributed by atoms with Gasteiger partial charge in [0, 0.05) is 26.5 Å². The molecular formula is C34H58N7O16P. The highest BCUT2D eigenvalue weighted by atomic mass is 31.2. The summed E-state index contributed by atoms with van der Waals surface area (Å²) in [4.78, 5) is 57.8. The molecule has 58 heavy (non-hydrogen) atoms. The summed E-state index contributed by atoms with van der Waals surface area (Å²) >= 11 is 0. The zero-order chi connectivity index (χ0) is 42.6. The number of aliphatic hydroxyl groups is 3. The molecule has 23 nitrogen and oxygen atoms in total. The van der Waals surface area contributed by atoms with Crippen LogP contribution < -0.4 is 21.9 Å². The molecule has 2 aromatic rings. The third-order valence-corrected chi connectivity index (χ3v) is 11.0. The number of anilines is 1. The second-order valence-corrected chi connectivity index (χ2v) is 16.7. The standard InChI is InChI=1S/C34H58N7O16P/c1-18(2)53-15-22-28(57-58(48,49)19(3)4)29(32(55-22)41-16-37-25-30(41)39-34(35)40-31(25)47)54-17-51-13-12-50-11-9-36-23(44)8-6-7-10-52-33-24(38-20(5)43)27(46)26(45)21(14-42)56-33/h16,18-19,21-22,24,26-29,32-33,42,45-46H,6-15,17H2,1-5H3,(H,36,44)(H,38,43)(H,48,49)(H3,35,39,40,47)/t21-,22-,24-,26+,27-,28-,29-,32-,33-/m1/s1. The maximum Gasteiger partial charge on any atom is 0.331 e. The van der Waals surface area contributed by atoms with Crippen molar-refractivity contribution in [3.8, 4) is 0 Å². The molecule has 2 aliphatic rings. The van der Waals surface area contributed by atoms with E-state index < -0.39 is 86.5 Å². The number of nitrogens with zero attached hydrogens (tertiary/aromatic N) is 3. The van der Waals surface area contributed by atoms with Crippen LogP contribution in [0.15, 0.2) is 11.1 Å². The Bertz CT molecular complexity index is 1710. The molecule has 2 saturated heterocycles. The van der Waals surface area contributed by atoms with Crippen LogP contribution in [0.3, 0.4) is 0 Å². The number of carbonyl (C=O) groups is 2.